The van der Waals surface area contributed by atoms with Crippen molar-refractivity contribution in [3.8, 4) is 28.8 Å². The van der Waals surface area contributed by atoms with Crippen LogP contribution in [0.1, 0.15) is 5.69 Å². The van der Waals surface area contributed by atoms with Crippen LogP contribution in [0.2, 0.25) is 0 Å². The average molecular weight is 393 g/mol. The molecular formula is C21H17ClN4O2. The molecule has 0 N–H and O–H groups in total. The van der Waals surface area contributed by atoms with Crippen LogP contribution in [-0.2, 0) is 0 Å². The van der Waals surface area contributed by atoms with Crippen molar-refractivity contribution in [2.75, 3.05) is 12.5 Å². The van der Waals surface area contributed by atoms with E-state index in [4.69, 9.17) is 21.1 Å². The highest BCUT2D eigenvalue weighted by Gasteiger charge is 2.14. The van der Waals surface area contributed by atoms with E-state index in [1.54, 1.807) is 24.7 Å². The number of aryl methyl sites for hydroxylation is 1. The molecule has 0 unspecified atom stereocenters. The van der Waals surface area contributed by atoms with Crippen LogP contribution in [0.3, 0.4) is 0 Å². The van der Waals surface area contributed by atoms with Crippen molar-refractivity contribution < 1.29 is 9.47 Å². The molecule has 0 saturated carbocycles. The van der Waals surface area contributed by atoms with Gasteiger partial charge in [0, 0.05) is 29.7 Å². The molecule has 28 heavy (non-hydrogen) atoms. The van der Waals surface area contributed by atoms with Crippen LogP contribution in [0.25, 0.3) is 22.4 Å². The lowest BCUT2D eigenvalue weighted by atomic mass is 10.2. The summed E-state index contributed by atoms with van der Waals surface area (Å²) in [4.78, 5) is 17.6. The smallest absolute Gasteiger partial charge is 0.181 e. The molecule has 0 bridgehead atoms. The van der Waals surface area contributed by atoms with Gasteiger partial charge in [0.15, 0.2) is 17.3 Å². The van der Waals surface area contributed by atoms with Crippen LogP contribution in [0.4, 0.5) is 0 Å². The number of hydrogen-bond acceptors (Lipinski definition) is 6. The maximum absolute atomic E-state index is 6.23. The van der Waals surface area contributed by atoms with E-state index in [0.717, 1.165) is 16.6 Å². The Kier molecular flexibility index (Phi) is 5.30. The van der Waals surface area contributed by atoms with Gasteiger partial charge in [-0.2, -0.15) is 0 Å². The molecule has 0 radical (unpaired) electrons. The van der Waals surface area contributed by atoms with Gasteiger partial charge in [-0.25, -0.2) is 15.0 Å². The lowest BCUT2D eigenvalue weighted by molar-refractivity contribution is 0.343. The quantitative estimate of drug-likeness (QED) is 0.439. The van der Waals surface area contributed by atoms with Gasteiger partial charge in [-0.05, 0) is 49.4 Å². The lowest BCUT2D eigenvalue weighted by Gasteiger charge is -2.13. The number of rotatable bonds is 6. The van der Waals surface area contributed by atoms with Gasteiger partial charge in [-0.3, -0.25) is 4.98 Å². The number of ether oxygens (including phenoxy) is 2. The minimum atomic E-state index is 0.421. The van der Waals surface area contributed by atoms with E-state index in [0.29, 0.717) is 41.3 Å². The molecule has 4 aromatic rings. The Labute approximate surface area is 167 Å². The van der Waals surface area contributed by atoms with E-state index in [-0.39, 0.29) is 0 Å². The highest BCUT2D eigenvalue weighted by molar-refractivity contribution is 6.18. The van der Waals surface area contributed by atoms with Gasteiger partial charge in [0.25, 0.3) is 0 Å². The van der Waals surface area contributed by atoms with Crippen LogP contribution in [0, 0.1) is 6.92 Å². The first-order valence-corrected chi connectivity index (χ1v) is 9.28. The maximum Gasteiger partial charge on any atom is 0.181 e. The number of halogens is 1. The summed E-state index contributed by atoms with van der Waals surface area (Å²) in [7, 11) is 0. The van der Waals surface area contributed by atoms with Crippen LogP contribution < -0.4 is 9.47 Å². The summed E-state index contributed by atoms with van der Waals surface area (Å²) >= 11 is 5.72. The van der Waals surface area contributed by atoms with E-state index in [1.807, 2.05) is 43.3 Å². The molecule has 3 aromatic heterocycles. The summed E-state index contributed by atoms with van der Waals surface area (Å²) in [5, 5.41) is 0.829. The Morgan fingerprint density at radius 1 is 0.929 bits per heavy atom. The topological polar surface area (TPSA) is 70.0 Å². The monoisotopic (exact) mass is 392 g/mol. The summed E-state index contributed by atoms with van der Waals surface area (Å²) in [6.45, 7) is 2.35. The molecular weight excluding hydrogens is 376 g/mol. The molecule has 140 valence electrons. The van der Waals surface area contributed by atoms with E-state index in [2.05, 4.69) is 19.9 Å². The molecule has 0 aliphatic carbocycles. The largest absolute Gasteiger partial charge is 0.492 e. The van der Waals surface area contributed by atoms with Crippen molar-refractivity contribution >= 4 is 22.5 Å². The molecule has 4 rings (SSSR count). The predicted octanol–water partition coefficient (Wildman–Crippen LogP) is 4.81. The number of aromatic nitrogens is 4. The van der Waals surface area contributed by atoms with Crippen molar-refractivity contribution in [2.24, 2.45) is 0 Å². The van der Waals surface area contributed by atoms with Gasteiger partial charge < -0.3 is 9.47 Å². The Morgan fingerprint density at radius 3 is 2.61 bits per heavy atom. The van der Waals surface area contributed by atoms with Crippen molar-refractivity contribution in [1.82, 2.24) is 19.9 Å². The Bertz CT molecular complexity index is 1110. The second-order valence-corrected chi connectivity index (χ2v) is 6.38. The Balaban J connectivity index is 1.76. The fourth-order valence-corrected chi connectivity index (χ4v) is 2.84. The molecule has 0 aliphatic rings. The fourth-order valence-electron chi connectivity index (χ4n) is 2.76. The van der Waals surface area contributed by atoms with Gasteiger partial charge in [0.1, 0.15) is 18.1 Å². The van der Waals surface area contributed by atoms with E-state index >= 15 is 0 Å². The van der Waals surface area contributed by atoms with Gasteiger partial charge in [-0.1, -0.05) is 0 Å². The van der Waals surface area contributed by atoms with Gasteiger partial charge in [0.05, 0.1) is 11.4 Å². The first-order valence-electron chi connectivity index (χ1n) is 8.75. The zero-order chi connectivity index (χ0) is 19.3. The molecule has 1 aromatic carbocycles. The van der Waals surface area contributed by atoms with E-state index in [9.17, 15) is 0 Å². The van der Waals surface area contributed by atoms with Crippen molar-refractivity contribution in [3.63, 3.8) is 0 Å². The first-order chi connectivity index (χ1) is 13.7. The van der Waals surface area contributed by atoms with Crippen LogP contribution in [0.5, 0.6) is 17.2 Å². The Hall–Kier alpha value is -3.25. The molecule has 0 saturated heterocycles. The number of alkyl halides is 1. The van der Waals surface area contributed by atoms with Gasteiger partial charge in [0.2, 0.25) is 0 Å². The molecule has 0 atom stereocenters. The first kappa shape index (κ1) is 18.1. The molecule has 6 nitrogen and oxygen atoms in total. The minimum Gasteiger partial charge on any atom is -0.492 e. The summed E-state index contributed by atoms with van der Waals surface area (Å²) in [5.41, 5.74) is 2.24. The maximum atomic E-state index is 6.23. The fraction of sp³-hybridized carbons (Fsp3) is 0.143. The van der Waals surface area contributed by atoms with E-state index < -0.39 is 0 Å². The zero-order valence-electron chi connectivity index (χ0n) is 15.2. The third-order valence-electron chi connectivity index (χ3n) is 4.01. The highest BCUT2D eigenvalue weighted by atomic mass is 35.5. The molecule has 3 heterocycles. The predicted molar refractivity (Wildman–Crippen MR) is 108 cm³/mol. The standard InChI is InChI=1S/C21H17ClN4O2/c1-14-3-6-19(20(26-14)21-24-9-2-10-25-21)28-18-7-11-23-17-5-4-15(13-16(17)18)27-12-8-22/h2-7,9-11,13H,8,12H2,1H3. The third kappa shape index (κ3) is 3.87. The van der Waals surface area contributed by atoms with Gasteiger partial charge in [-0.15, -0.1) is 11.6 Å². The molecule has 0 spiro atoms. The SMILES string of the molecule is Cc1ccc(Oc2ccnc3ccc(OCCCl)cc23)c(-c2ncccn2)n1. The molecule has 7 heteroatoms. The summed E-state index contributed by atoms with van der Waals surface area (Å²) in [6.07, 6.45) is 5.06. The third-order valence-corrected chi connectivity index (χ3v) is 4.17. The summed E-state index contributed by atoms with van der Waals surface area (Å²) in [5.74, 6) is 2.84. The number of benzene rings is 1. The minimum absolute atomic E-state index is 0.421. The summed E-state index contributed by atoms with van der Waals surface area (Å²) < 4.78 is 11.9. The number of fused-ring (bicyclic) bond motifs is 1. The highest BCUT2D eigenvalue weighted by Crippen LogP contribution is 2.34. The summed E-state index contributed by atoms with van der Waals surface area (Å²) in [6, 6.07) is 13.0. The normalized spacial score (nSPS) is 10.8. The number of hydrogen-bond donors (Lipinski definition) is 0. The van der Waals surface area contributed by atoms with Crippen LogP contribution >= 0.6 is 11.6 Å². The second-order valence-electron chi connectivity index (χ2n) is 6.00. The van der Waals surface area contributed by atoms with Crippen molar-refractivity contribution in [2.45, 2.75) is 6.92 Å². The molecule has 0 aliphatic heterocycles. The van der Waals surface area contributed by atoms with Crippen molar-refractivity contribution in [3.05, 3.63) is 66.7 Å². The van der Waals surface area contributed by atoms with Crippen molar-refractivity contribution in [1.29, 1.82) is 0 Å². The van der Waals surface area contributed by atoms with Crippen LogP contribution in [0.15, 0.2) is 61.1 Å². The lowest BCUT2D eigenvalue weighted by Crippen LogP contribution is -1.99. The number of nitrogens with zero attached hydrogens (tertiary/aromatic N) is 4. The average Bonchev–Trinajstić information content (AvgIpc) is 2.74. The van der Waals surface area contributed by atoms with Gasteiger partial charge >= 0.3 is 0 Å². The zero-order valence-corrected chi connectivity index (χ0v) is 15.9. The second kappa shape index (κ2) is 8.19. The van der Waals surface area contributed by atoms with E-state index in [1.165, 1.54) is 0 Å². The molecule has 0 fully saturated rings. The molecule has 0 amide bonds. The Morgan fingerprint density at radius 2 is 1.79 bits per heavy atom. The van der Waals surface area contributed by atoms with Crippen LogP contribution in [-0.4, -0.2) is 32.4 Å². The number of pyridine rings is 2.